The van der Waals surface area contributed by atoms with E-state index < -0.39 is 11.8 Å². The second-order valence-electron chi connectivity index (χ2n) is 2.05. The molecule has 9 heavy (non-hydrogen) atoms. The molecule has 0 radical (unpaired) electrons. The third-order valence-corrected chi connectivity index (χ3v) is 0.691. The van der Waals surface area contributed by atoms with Gasteiger partial charge in [-0.15, -0.1) is 11.6 Å². The van der Waals surface area contributed by atoms with Crippen molar-refractivity contribution in [1.29, 1.82) is 0 Å². The van der Waals surface area contributed by atoms with Crippen molar-refractivity contribution in [2.75, 3.05) is 5.88 Å². The first-order valence-electron chi connectivity index (χ1n) is 2.46. The molecule has 0 aliphatic rings. The molecule has 0 spiro atoms. The molecule has 0 unspecified atom stereocenters. The number of halogens is 1. The van der Waals surface area contributed by atoms with Gasteiger partial charge in [-0.3, -0.25) is 4.79 Å². The predicted octanol–water partition coefficient (Wildman–Crippen LogP) is 0.497. The van der Waals surface area contributed by atoms with Crippen LogP contribution in [0.1, 0.15) is 13.8 Å². The summed E-state index contributed by atoms with van der Waals surface area (Å²) in [6.45, 7) is 2.72. The number of carbonyl (C=O) groups excluding carboxylic acids is 1. The highest BCUT2D eigenvalue weighted by Gasteiger charge is 2.16. The van der Waals surface area contributed by atoms with Gasteiger partial charge in [0.2, 0.25) is 5.79 Å². The molecule has 1 N–H and O–H groups in total. The molecule has 4 heteroatoms. The van der Waals surface area contributed by atoms with Crippen molar-refractivity contribution in [3.8, 4) is 0 Å². The molecule has 0 heterocycles. The normalized spacial score (nSPS) is 11.1. The van der Waals surface area contributed by atoms with E-state index >= 15 is 0 Å². The van der Waals surface area contributed by atoms with Crippen LogP contribution in [-0.4, -0.2) is 22.7 Å². The Kier molecular flexibility index (Phi) is 2.94. The molecular weight excluding hydrogens is 144 g/mol. The minimum Gasteiger partial charge on any atom is -0.433 e. The molecule has 0 saturated carbocycles. The van der Waals surface area contributed by atoms with Crippen molar-refractivity contribution in [2.24, 2.45) is 0 Å². The molecule has 0 aromatic rings. The average Bonchev–Trinajstić information content (AvgIpc) is 1.62. The third kappa shape index (κ3) is 5.59. The van der Waals surface area contributed by atoms with Crippen LogP contribution in [0.4, 0.5) is 0 Å². The first-order valence-corrected chi connectivity index (χ1v) is 2.99. The molecule has 0 aliphatic carbocycles. The van der Waals surface area contributed by atoms with Crippen LogP contribution in [0.3, 0.4) is 0 Å². The quantitative estimate of drug-likeness (QED) is 0.356. The third-order valence-electron chi connectivity index (χ3n) is 0.473. The first-order chi connectivity index (χ1) is 3.95. The van der Waals surface area contributed by atoms with E-state index in [2.05, 4.69) is 4.74 Å². The zero-order valence-electron chi connectivity index (χ0n) is 5.35. The molecule has 0 atom stereocenters. The van der Waals surface area contributed by atoms with E-state index in [1.165, 1.54) is 13.8 Å². The zero-order chi connectivity index (χ0) is 7.49. The Morgan fingerprint density at radius 2 is 2.22 bits per heavy atom. The van der Waals surface area contributed by atoms with Crippen LogP contribution in [-0.2, 0) is 9.53 Å². The number of esters is 1. The summed E-state index contributed by atoms with van der Waals surface area (Å²) in [5, 5.41) is 8.82. The van der Waals surface area contributed by atoms with Crippen molar-refractivity contribution >= 4 is 17.6 Å². The lowest BCUT2D eigenvalue weighted by Gasteiger charge is -2.16. The number of hydrogen-bond donors (Lipinski definition) is 1. The van der Waals surface area contributed by atoms with E-state index in [1.807, 2.05) is 0 Å². The monoisotopic (exact) mass is 152 g/mol. The average molecular weight is 153 g/mol. The van der Waals surface area contributed by atoms with Gasteiger partial charge in [0, 0.05) is 13.8 Å². The molecule has 0 aromatic carbocycles. The van der Waals surface area contributed by atoms with Crippen molar-refractivity contribution in [2.45, 2.75) is 19.6 Å². The topological polar surface area (TPSA) is 46.5 Å². The second-order valence-corrected chi connectivity index (χ2v) is 2.32. The van der Waals surface area contributed by atoms with E-state index in [0.29, 0.717) is 0 Å². The number of alkyl halides is 1. The van der Waals surface area contributed by atoms with Crippen LogP contribution in [0.5, 0.6) is 0 Å². The lowest BCUT2D eigenvalue weighted by Crippen LogP contribution is -2.27. The van der Waals surface area contributed by atoms with Gasteiger partial charge in [-0.05, 0) is 0 Å². The highest BCUT2D eigenvalue weighted by atomic mass is 35.5. The van der Waals surface area contributed by atoms with E-state index in [-0.39, 0.29) is 5.88 Å². The van der Waals surface area contributed by atoms with E-state index in [4.69, 9.17) is 16.7 Å². The summed E-state index contributed by atoms with van der Waals surface area (Å²) in [4.78, 5) is 10.3. The number of ether oxygens (including phenoxy) is 1. The van der Waals surface area contributed by atoms with Crippen molar-refractivity contribution in [3.63, 3.8) is 0 Å². The van der Waals surface area contributed by atoms with Crippen LogP contribution in [0, 0.1) is 0 Å². The molecule has 0 fully saturated rings. The second kappa shape index (κ2) is 3.03. The Balaban J connectivity index is 3.60. The van der Waals surface area contributed by atoms with Gasteiger partial charge in [-0.25, -0.2) is 0 Å². The maximum atomic E-state index is 10.3. The highest BCUT2D eigenvalue weighted by molar-refractivity contribution is 6.26. The Morgan fingerprint density at radius 3 is 2.33 bits per heavy atom. The molecular formula is C5H9ClO3. The first kappa shape index (κ1) is 8.72. The summed E-state index contributed by atoms with van der Waals surface area (Å²) in [7, 11) is 0. The van der Waals surface area contributed by atoms with Gasteiger partial charge in [-0.2, -0.15) is 0 Å². The van der Waals surface area contributed by atoms with Crippen molar-refractivity contribution in [3.05, 3.63) is 0 Å². The molecule has 0 aliphatic heterocycles. The predicted molar refractivity (Wildman–Crippen MR) is 33.1 cm³/mol. The van der Waals surface area contributed by atoms with Crippen LogP contribution >= 0.6 is 11.6 Å². The van der Waals surface area contributed by atoms with E-state index in [1.54, 1.807) is 0 Å². The fourth-order valence-electron chi connectivity index (χ4n) is 0.306. The fourth-order valence-corrected chi connectivity index (χ4v) is 0.360. The van der Waals surface area contributed by atoms with Crippen molar-refractivity contribution < 1.29 is 14.6 Å². The largest absolute Gasteiger partial charge is 0.433 e. The smallest absolute Gasteiger partial charge is 0.323 e. The minimum atomic E-state index is -1.41. The standard InChI is InChI=1S/C5H9ClO3/c1-5(2,8)9-4(7)3-6/h8H,3H2,1-2H3. The number of rotatable bonds is 2. The van der Waals surface area contributed by atoms with Crippen LogP contribution < -0.4 is 0 Å². The van der Waals surface area contributed by atoms with Gasteiger partial charge < -0.3 is 9.84 Å². The maximum absolute atomic E-state index is 10.3. The summed E-state index contributed by atoms with van der Waals surface area (Å²) in [6, 6.07) is 0. The van der Waals surface area contributed by atoms with Gasteiger partial charge in [0.25, 0.3) is 0 Å². The van der Waals surface area contributed by atoms with E-state index in [0.717, 1.165) is 0 Å². The summed E-state index contributed by atoms with van der Waals surface area (Å²) in [5.41, 5.74) is 0. The lowest BCUT2D eigenvalue weighted by molar-refractivity contribution is -0.191. The van der Waals surface area contributed by atoms with Gasteiger partial charge >= 0.3 is 5.97 Å². The number of hydrogen-bond acceptors (Lipinski definition) is 3. The van der Waals surface area contributed by atoms with Gasteiger partial charge in [0.1, 0.15) is 5.88 Å². The molecule has 0 rings (SSSR count). The lowest BCUT2D eigenvalue weighted by atomic mass is 10.4. The number of aliphatic hydroxyl groups is 1. The Hall–Kier alpha value is -0.280. The minimum absolute atomic E-state index is 0.232. The fraction of sp³-hybridized carbons (Fsp3) is 0.800. The van der Waals surface area contributed by atoms with Crippen LogP contribution in [0.15, 0.2) is 0 Å². The summed E-state index contributed by atoms with van der Waals surface area (Å²) >= 11 is 5.07. The molecule has 3 nitrogen and oxygen atoms in total. The highest BCUT2D eigenvalue weighted by Crippen LogP contribution is 2.03. The summed E-state index contributed by atoms with van der Waals surface area (Å²) < 4.78 is 4.37. The molecule has 0 saturated heterocycles. The van der Waals surface area contributed by atoms with Crippen LogP contribution in [0.2, 0.25) is 0 Å². The Morgan fingerprint density at radius 1 is 1.78 bits per heavy atom. The van der Waals surface area contributed by atoms with E-state index in [9.17, 15) is 4.79 Å². The van der Waals surface area contributed by atoms with Gasteiger partial charge in [0.05, 0.1) is 0 Å². The summed E-state index contributed by atoms with van der Waals surface area (Å²) in [6.07, 6.45) is 0. The van der Waals surface area contributed by atoms with Gasteiger partial charge in [-0.1, -0.05) is 0 Å². The summed E-state index contributed by atoms with van der Waals surface area (Å²) in [5.74, 6) is -2.26. The number of carbonyl (C=O) groups is 1. The van der Waals surface area contributed by atoms with Crippen molar-refractivity contribution in [1.82, 2.24) is 0 Å². The molecule has 0 amide bonds. The molecule has 54 valence electrons. The van der Waals surface area contributed by atoms with Crippen LogP contribution in [0.25, 0.3) is 0 Å². The molecule has 0 aromatic heterocycles. The van der Waals surface area contributed by atoms with Gasteiger partial charge in [0.15, 0.2) is 0 Å². The zero-order valence-corrected chi connectivity index (χ0v) is 6.10. The SMILES string of the molecule is CC(C)(O)OC(=O)CCl. The Bertz CT molecular complexity index is 105. The molecule has 0 bridgehead atoms. The maximum Gasteiger partial charge on any atom is 0.323 e. The Labute approximate surface area is 58.6 Å².